The van der Waals surface area contributed by atoms with Crippen molar-refractivity contribution in [1.29, 1.82) is 0 Å². The lowest BCUT2D eigenvalue weighted by atomic mass is 9.99. The smallest absolute Gasteiger partial charge is 0.129 e. The van der Waals surface area contributed by atoms with Gasteiger partial charge in [-0.15, -0.1) is 0 Å². The quantitative estimate of drug-likeness (QED) is 0.735. The van der Waals surface area contributed by atoms with Gasteiger partial charge < -0.3 is 9.47 Å². The van der Waals surface area contributed by atoms with Crippen molar-refractivity contribution in [2.75, 3.05) is 14.2 Å². The second-order valence-corrected chi connectivity index (χ2v) is 5.46. The first-order valence-electron chi connectivity index (χ1n) is 7.76. The van der Waals surface area contributed by atoms with Crippen LogP contribution in [0.4, 0.5) is 8.78 Å². The molecule has 124 valence electrons. The highest BCUT2D eigenvalue weighted by molar-refractivity contribution is 5.48. The third kappa shape index (κ3) is 4.21. The van der Waals surface area contributed by atoms with Crippen LogP contribution >= 0.6 is 0 Å². The number of benzene rings is 2. The first kappa shape index (κ1) is 17.3. The molecule has 0 aliphatic heterocycles. The van der Waals surface area contributed by atoms with E-state index < -0.39 is 11.6 Å². The predicted octanol–water partition coefficient (Wildman–Crippen LogP) is 4.72. The molecule has 0 bridgehead atoms. The largest absolute Gasteiger partial charge is 0.496 e. The van der Waals surface area contributed by atoms with Crippen LogP contribution in [0.25, 0.3) is 0 Å². The van der Waals surface area contributed by atoms with Crippen molar-refractivity contribution in [3.63, 3.8) is 0 Å². The maximum Gasteiger partial charge on any atom is 0.129 e. The van der Waals surface area contributed by atoms with E-state index in [0.717, 1.165) is 41.5 Å². The molecule has 0 aliphatic carbocycles. The summed E-state index contributed by atoms with van der Waals surface area (Å²) in [5.41, 5.74) is 2.55. The molecule has 0 atom stereocenters. The molecule has 0 heterocycles. The van der Waals surface area contributed by atoms with Crippen LogP contribution in [0.5, 0.6) is 11.5 Å². The topological polar surface area (TPSA) is 18.5 Å². The van der Waals surface area contributed by atoms with E-state index >= 15 is 0 Å². The van der Waals surface area contributed by atoms with Crippen molar-refractivity contribution in [2.45, 2.75) is 32.6 Å². The van der Waals surface area contributed by atoms with Gasteiger partial charge in [-0.05, 0) is 48.6 Å². The molecular formula is C19H22F2O2. The molecule has 2 nitrogen and oxygen atoms in total. The van der Waals surface area contributed by atoms with Crippen molar-refractivity contribution in [3.8, 4) is 11.5 Å². The van der Waals surface area contributed by atoms with Crippen molar-refractivity contribution >= 4 is 0 Å². The summed E-state index contributed by atoms with van der Waals surface area (Å²) < 4.78 is 37.6. The molecular weight excluding hydrogens is 298 g/mol. The third-order valence-electron chi connectivity index (χ3n) is 3.87. The highest BCUT2D eigenvalue weighted by Gasteiger charge is 2.12. The number of ether oxygens (including phenoxy) is 2. The molecule has 0 fully saturated rings. The summed E-state index contributed by atoms with van der Waals surface area (Å²) in [5, 5.41) is 0. The first-order chi connectivity index (χ1) is 11.1. The minimum Gasteiger partial charge on any atom is -0.496 e. The van der Waals surface area contributed by atoms with Gasteiger partial charge in [-0.1, -0.05) is 19.4 Å². The molecule has 23 heavy (non-hydrogen) atoms. The van der Waals surface area contributed by atoms with E-state index in [1.165, 1.54) is 12.1 Å². The monoisotopic (exact) mass is 320 g/mol. The molecule has 0 amide bonds. The van der Waals surface area contributed by atoms with Crippen molar-refractivity contribution in [1.82, 2.24) is 0 Å². The highest BCUT2D eigenvalue weighted by Crippen LogP contribution is 2.32. The Balaban J connectivity index is 2.22. The Kier molecular flexibility index (Phi) is 5.97. The maximum absolute atomic E-state index is 13.7. The van der Waals surface area contributed by atoms with Crippen LogP contribution in [0.15, 0.2) is 30.3 Å². The van der Waals surface area contributed by atoms with Gasteiger partial charge in [0, 0.05) is 11.6 Å². The van der Waals surface area contributed by atoms with Gasteiger partial charge in [0.2, 0.25) is 0 Å². The van der Waals surface area contributed by atoms with Gasteiger partial charge in [-0.2, -0.15) is 0 Å². The second-order valence-electron chi connectivity index (χ2n) is 5.46. The molecule has 2 aromatic rings. The molecule has 0 spiro atoms. The summed E-state index contributed by atoms with van der Waals surface area (Å²) >= 11 is 0. The lowest BCUT2D eigenvalue weighted by molar-refractivity contribution is 0.384. The fraction of sp³-hybridized carbons (Fsp3) is 0.368. The summed E-state index contributed by atoms with van der Waals surface area (Å²) in [4.78, 5) is 0. The van der Waals surface area contributed by atoms with E-state index in [4.69, 9.17) is 9.47 Å². The normalized spacial score (nSPS) is 10.7. The highest BCUT2D eigenvalue weighted by atomic mass is 19.1. The van der Waals surface area contributed by atoms with E-state index in [9.17, 15) is 8.78 Å². The number of methoxy groups -OCH3 is 2. The Morgan fingerprint density at radius 2 is 1.52 bits per heavy atom. The lowest BCUT2D eigenvalue weighted by Crippen LogP contribution is -2.01. The van der Waals surface area contributed by atoms with Crippen LogP contribution in [0.3, 0.4) is 0 Å². The summed E-state index contributed by atoms with van der Waals surface area (Å²) in [6.07, 6.45) is 2.99. The molecule has 2 aromatic carbocycles. The molecule has 4 heteroatoms. The van der Waals surface area contributed by atoms with Gasteiger partial charge in [0.15, 0.2) is 0 Å². The molecule has 0 saturated carbocycles. The standard InChI is InChI=1S/C19H22F2O2/c1-4-5-16-18(22-2)10-13(11-19(16)23-3)6-7-14-8-9-15(20)12-17(14)21/h8-12H,4-7H2,1-3H3. The van der Waals surface area contributed by atoms with Crippen molar-refractivity contribution in [3.05, 3.63) is 58.7 Å². The SMILES string of the molecule is CCCc1c(OC)cc(CCc2ccc(F)cc2F)cc1OC. The Bertz CT molecular complexity index is 643. The van der Waals surface area contributed by atoms with E-state index in [0.29, 0.717) is 18.4 Å². The van der Waals surface area contributed by atoms with Gasteiger partial charge in [-0.25, -0.2) is 8.78 Å². The van der Waals surface area contributed by atoms with Crippen molar-refractivity contribution < 1.29 is 18.3 Å². The lowest BCUT2D eigenvalue weighted by Gasteiger charge is -2.15. The fourth-order valence-corrected chi connectivity index (χ4v) is 2.68. The molecule has 2 rings (SSSR count). The third-order valence-corrected chi connectivity index (χ3v) is 3.87. The van der Waals surface area contributed by atoms with Crippen molar-refractivity contribution in [2.24, 2.45) is 0 Å². The fourth-order valence-electron chi connectivity index (χ4n) is 2.68. The maximum atomic E-state index is 13.7. The molecule has 0 radical (unpaired) electrons. The van der Waals surface area contributed by atoms with Crippen LogP contribution in [0.2, 0.25) is 0 Å². The zero-order chi connectivity index (χ0) is 16.8. The number of hydrogen-bond donors (Lipinski definition) is 0. The van der Waals surface area contributed by atoms with E-state index in [2.05, 4.69) is 6.92 Å². The zero-order valence-corrected chi connectivity index (χ0v) is 13.8. The van der Waals surface area contributed by atoms with Crippen LogP contribution in [0.1, 0.15) is 30.0 Å². The number of aryl methyl sites for hydroxylation is 2. The average molecular weight is 320 g/mol. The predicted molar refractivity (Wildman–Crippen MR) is 87.3 cm³/mol. The summed E-state index contributed by atoms with van der Waals surface area (Å²) in [7, 11) is 3.27. The Hall–Kier alpha value is -2.10. The van der Waals surface area contributed by atoms with Gasteiger partial charge in [0.05, 0.1) is 14.2 Å². The first-order valence-corrected chi connectivity index (χ1v) is 7.76. The van der Waals surface area contributed by atoms with Gasteiger partial charge in [0.1, 0.15) is 23.1 Å². The molecule has 0 aliphatic rings. The zero-order valence-electron chi connectivity index (χ0n) is 13.8. The van der Waals surface area contributed by atoms with Crippen LogP contribution in [-0.2, 0) is 19.3 Å². The minimum absolute atomic E-state index is 0.492. The summed E-state index contributed by atoms with van der Waals surface area (Å²) in [6, 6.07) is 7.62. The minimum atomic E-state index is -0.557. The van der Waals surface area contributed by atoms with Crippen LogP contribution < -0.4 is 9.47 Å². The second kappa shape index (κ2) is 7.95. The Morgan fingerprint density at radius 1 is 0.870 bits per heavy atom. The van der Waals surface area contributed by atoms with Gasteiger partial charge >= 0.3 is 0 Å². The molecule has 0 N–H and O–H groups in total. The molecule has 0 aromatic heterocycles. The van der Waals surface area contributed by atoms with E-state index in [-0.39, 0.29) is 0 Å². The Labute approximate surface area is 136 Å². The van der Waals surface area contributed by atoms with Crippen LogP contribution in [-0.4, -0.2) is 14.2 Å². The summed E-state index contributed by atoms with van der Waals surface area (Å²) in [6.45, 7) is 2.10. The Morgan fingerprint density at radius 3 is 2.04 bits per heavy atom. The molecule has 0 saturated heterocycles. The van der Waals surface area contributed by atoms with Gasteiger partial charge in [0.25, 0.3) is 0 Å². The number of halogens is 2. The average Bonchev–Trinajstić information content (AvgIpc) is 2.54. The number of rotatable bonds is 7. The van der Waals surface area contributed by atoms with Gasteiger partial charge in [-0.3, -0.25) is 0 Å². The van der Waals surface area contributed by atoms with E-state index in [1.54, 1.807) is 14.2 Å². The summed E-state index contributed by atoms with van der Waals surface area (Å²) in [5.74, 6) is 0.520. The number of hydrogen-bond acceptors (Lipinski definition) is 2. The van der Waals surface area contributed by atoms with E-state index in [1.807, 2.05) is 12.1 Å². The van der Waals surface area contributed by atoms with Crippen LogP contribution in [0, 0.1) is 11.6 Å². The molecule has 0 unspecified atom stereocenters.